The Morgan fingerprint density at radius 1 is 1.20 bits per heavy atom. The Balaban J connectivity index is 2.33. The lowest BCUT2D eigenvalue weighted by atomic mass is 9.83. The van der Waals surface area contributed by atoms with E-state index in [1.165, 1.54) is 6.07 Å². The second-order valence-corrected chi connectivity index (χ2v) is 5.07. The summed E-state index contributed by atoms with van der Waals surface area (Å²) in [6.45, 7) is 0. The van der Waals surface area contributed by atoms with E-state index in [9.17, 15) is 18.1 Å². The normalized spacial score (nSPS) is 16.9. The highest BCUT2D eigenvalue weighted by molar-refractivity contribution is 6.00. The molecule has 0 spiro atoms. The van der Waals surface area contributed by atoms with E-state index in [-0.39, 0.29) is 17.2 Å². The Hall–Kier alpha value is -1.72. The zero-order chi connectivity index (χ0) is 14.8. The Morgan fingerprint density at radius 3 is 2.40 bits per heavy atom. The van der Waals surface area contributed by atoms with Crippen molar-refractivity contribution in [2.75, 3.05) is 0 Å². The third-order valence-corrected chi connectivity index (χ3v) is 3.72. The van der Waals surface area contributed by atoms with Crippen molar-refractivity contribution in [3.8, 4) is 0 Å². The largest absolute Gasteiger partial charge is 0.418 e. The van der Waals surface area contributed by atoms with Crippen molar-refractivity contribution in [2.24, 2.45) is 11.1 Å². The molecule has 0 saturated heterocycles. The Kier molecular flexibility index (Phi) is 4.20. The summed E-state index contributed by atoms with van der Waals surface area (Å²) in [7, 11) is 0. The van der Waals surface area contributed by atoms with Crippen molar-refractivity contribution in [3.63, 3.8) is 0 Å². The maximum absolute atomic E-state index is 12.9. The van der Waals surface area contributed by atoms with Gasteiger partial charge in [-0.3, -0.25) is 0 Å². The van der Waals surface area contributed by atoms with Gasteiger partial charge in [0.15, 0.2) is 0 Å². The second kappa shape index (κ2) is 5.73. The van der Waals surface area contributed by atoms with Crippen molar-refractivity contribution in [1.29, 1.82) is 5.41 Å². The molecule has 1 fully saturated rings. The summed E-state index contributed by atoms with van der Waals surface area (Å²) in [6.07, 6.45) is 0.180. The molecule has 0 aromatic heterocycles. The predicted molar refractivity (Wildman–Crippen MR) is 70.3 cm³/mol. The van der Waals surface area contributed by atoms with Crippen molar-refractivity contribution in [3.05, 3.63) is 34.2 Å². The lowest BCUT2D eigenvalue weighted by Crippen LogP contribution is -2.18. The summed E-state index contributed by atoms with van der Waals surface area (Å²) in [5.74, 6) is 0.0138. The van der Waals surface area contributed by atoms with Crippen molar-refractivity contribution in [1.82, 2.24) is 0 Å². The quantitative estimate of drug-likeness (QED) is 0.612. The fourth-order valence-electron chi connectivity index (χ4n) is 2.64. The molecule has 2 rings (SSSR count). The van der Waals surface area contributed by atoms with E-state index in [2.05, 4.69) is 5.18 Å². The summed E-state index contributed by atoms with van der Waals surface area (Å²) < 4.78 is 38.6. The molecule has 3 nitrogen and oxygen atoms in total. The second-order valence-electron chi connectivity index (χ2n) is 5.07. The summed E-state index contributed by atoms with van der Waals surface area (Å²) in [4.78, 5) is 10.5. The first-order chi connectivity index (χ1) is 9.43. The predicted octanol–water partition coefficient (Wildman–Crippen LogP) is 5.05. The molecule has 0 heterocycles. The van der Waals surface area contributed by atoms with E-state index in [4.69, 9.17) is 5.41 Å². The van der Waals surface area contributed by atoms with Gasteiger partial charge in [0.25, 0.3) is 0 Å². The van der Waals surface area contributed by atoms with Gasteiger partial charge >= 0.3 is 6.18 Å². The maximum atomic E-state index is 12.9. The summed E-state index contributed by atoms with van der Waals surface area (Å²) in [5.41, 5.74) is -1.23. The molecule has 20 heavy (non-hydrogen) atoms. The summed E-state index contributed by atoms with van der Waals surface area (Å²) in [6, 6.07) is 3.29. The van der Waals surface area contributed by atoms with Gasteiger partial charge in [0.05, 0.1) is 5.56 Å². The molecule has 0 amide bonds. The zero-order valence-corrected chi connectivity index (χ0v) is 10.8. The van der Waals surface area contributed by atoms with E-state index in [1.54, 1.807) is 0 Å². The highest BCUT2D eigenvalue weighted by Gasteiger charge is 2.35. The molecule has 1 saturated carbocycles. The molecule has 1 aliphatic rings. The number of benzene rings is 1. The SMILES string of the molecule is N=C(c1ccc(N=O)c(C(F)(F)F)c1)C1CCCCC1. The van der Waals surface area contributed by atoms with Gasteiger partial charge < -0.3 is 5.41 Å². The van der Waals surface area contributed by atoms with E-state index in [0.29, 0.717) is 0 Å². The van der Waals surface area contributed by atoms with Crippen LogP contribution in [0.15, 0.2) is 23.4 Å². The Labute approximate surface area is 114 Å². The molecule has 108 valence electrons. The van der Waals surface area contributed by atoms with E-state index >= 15 is 0 Å². The van der Waals surface area contributed by atoms with Gasteiger partial charge in [-0.2, -0.15) is 13.2 Å². The highest BCUT2D eigenvalue weighted by atomic mass is 19.4. The molecule has 1 aliphatic carbocycles. The molecular formula is C14H15F3N2O. The molecule has 1 aromatic rings. The number of rotatable bonds is 3. The van der Waals surface area contributed by atoms with Crippen LogP contribution in [0.4, 0.5) is 18.9 Å². The number of nitroso groups, excluding NO2 is 1. The van der Waals surface area contributed by atoms with Gasteiger partial charge in [0, 0.05) is 11.6 Å². The molecule has 0 unspecified atom stereocenters. The fourth-order valence-corrected chi connectivity index (χ4v) is 2.64. The van der Waals surface area contributed by atoms with Gasteiger partial charge in [-0.1, -0.05) is 25.3 Å². The molecule has 1 N–H and O–H groups in total. The van der Waals surface area contributed by atoms with Gasteiger partial charge in [-0.15, -0.1) is 4.91 Å². The van der Waals surface area contributed by atoms with E-state index in [0.717, 1.165) is 44.2 Å². The first-order valence-electron chi connectivity index (χ1n) is 6.57. The van der Waals surface area contributed by atoms with Gasteiger partial charge in [0.1, 0.15) is 5.69 Å². The van der Waals surface area contributed by atoms with Crippen LogP contribution in [0.5, 0.6) is 0 Å². The topological polar surface area (TPSA) is 53.3 Å². The molecule has 0 aliphatic heterocycles. The van der Waals surface area contributed by atoms with Gasteiger partial charge in [-0.25, -0.2) is 0 Å². The number of hydrogen-bond acceptors (Lipinski definition) is 3. The van der Waals surface area contributed by atoms with Crippen LogP contribution in [0.1, 0.15) is 43.2 Å². The van der Waals surface area contributed by atoms with E-state index in [1.807, 2.05) is 0 Å². The molecule has 0 bridgehead atoms. The lowest BCUT2D eigenvalue weighted by molar-refractivity contribution is -0.137. The smallest absolute Gasteiger partial charge is 0.304 e. The first-order valence-corrected chi connectivity index (χ1v) is 6.57. The van der Waals surface area contributed by atoms with Crippen LogP contribution < -0.4 is 0 Å². The van der Waals surface area contributed by atoms with Crippen LogP contribution in [0, 0.1) is 16.2 Å². The zero-order valence-electron chi connectivity index (χ0n) is 10.8. The third kappa shape index (κ3) is 3.05. The average molecular weight is 284 g/mol. The minimum atomic E-state index is -4.63. The third-order valence-electron chi connectivity index (χ3n) is 3.72. The van der Waals surface area contributed by atoms with Crippen molar-refractivity contribution >= 4 is 11.4 Å². The Bertz CT molecular complexity index is 520. The monoisotopic (exact) mass is 284 g/mol. The van der Waals surface area contributed by atoms with Crippen LogP contribution >= 0.6 is 0 Å². The van der Waals surface area contributed by atoms with Crippen LogP contribution in [0.25, 0.3) is 0 Å². The Morgan fingerprint density at radius 2 is 1.85 bits per heavy atom. The highest BCUT2D eigenvalue weighted by Crippen LogP contribution is 2.37. The molecule has 0 radical (unpaired) electrons. The lowest BCUT2D eigenvalue weighted by Gasteiger charge is -2.23. The standard InChI is InChI=1S/C14H15F3N2O/c15-14(16,17)11-8-10(6-7-12(11)19-20)13(18)9-4-2-1-3-5-9/h6-9,18H,1-5H2. The fraction of sp³-hybridized carbons (Fsp3) is 0.500. The van der Waals surface area contributed by atoms with Crippen LogP contribution in [0.2, 0.25) is 0 Å². The first kappa shape index (κ1) is 14.7. The molecular weight excluding hydrogens is 269 g/mol. The van der Waals surface area contributed by atoms with Crippen LogP contribution in [-0.4, -0.2) is 5.71 Å². The average Bonchev–Trinajstić information content (AvgIpc) is 2.46. The number of halogens is 3. The van der Waals surface area contributed by atoms with E-state index < -0.39 is 17.4 Å². The number of nitrogens with zero attached hydrogens (tertiary/aromatic N) is 1. The molecule has 1 aromatic carbocycles. The van der Waals surface area contributed by atoms with Crippen molar-refractivity contribution in [2.45, 2.75) is 38.3 Å². The minimum Gasteiger partial charge on any atom is -0.304 e. The molecule has 6 heteroatoms. The van der Waals surface area contributed by atoms with Crippen molar-refractivity contribution < 1.29 is 13.2 Å². The van der Waals surface area contributed by atoms with Gasteiger partial charge in [0.2, 0.25) is 0 Å². The number of nitrogens with one attached hydrogen (secondary N) is 1. The maximum Gasteiger partial charge on any atom is 0.418 e. The molecule has 0 atom stereocenters. The number of hydrogen-bond donors (Lipinski definition) is 1. The van der Waals surface area contributed by atoms with Crippen LogP contribution in [0.3, 0.4) is 0 Å². The van der Waals surface area contributed by atoms with Crippen LogP contribution in [-0.2, 0) is 6.18 Å². The summed E-state index contributed by atoms with van der Waals surface area (Å²) in [5, 5.41) is 10.5. The minimum absolute atomic E-state index is 0.0138. The van der Waals surface area contributed by atoms with Gasteiger partial charge in [-0.05, 0) is 35.7 Å². The summed E-state index contributed by atoms with van der Waals surface area (Å²) >= 11 is 0. The number of alkyl halides is 3.